The van der Waals surface area contributed by atoms with Crippen molar-refractivity contribution >= 4 is 17.6 Å². The second-order valence-corrected chi connectivity index (χ2v) is 4.19. The Bertz CT molecular complexity index is 477. The lowest BCUT2D eigenvalue weighted by atomic mass is 10.1. The minimum absolute atomic E-state index is 0.0993. The van der Waals surface area contributed by atoms with Crippen LogP contribution < -0.4 is 10.6 Å². The Morgan fingerprint density at radius 1 is 1.42 bits per heavy atom. The number of amides is 1. The third-order valence-electron chi connectivity index (χ3n) is 2.62. The van der Waals surface area contributed by atoms with Crippen LogP contribution in [0.15, 0.2) is 18.2 Å². The molecule has 0 saturated carbocycles. The zero-order chi connectivity index (χ0) is 14.4. The summed E-state index contributed by atoms with van der Waals surface area (Å²) in [5.74, 6) is -2.56. The summed E-state index contributed by atoms with van der Waals surface area (Å²) in [4.78, 5) is 22.8. The van der Waals surface area contributed by atoms with Crippen molar-refractivity contribution in [2.75, 3.05) is 18.4 Å². The number of anilines is 1. The molecule has 19 heavy (non-hydrogen) atoms. The van der Waals surface area contributed by atoms with Crippen LogP contribution >= 0.6 is 0 Å². The monoisotopic (exact) mass is 268 g/mol. The van der Waals surface area contributed by atoms with E-state index in [1.807, 2.05) is 6.92 Å². The van der Waals surface area contributed by atoms with Gasteiger partial charge in [-0.3, -0.25) is 4.79 Å². The van der Waals surface area contributed by atoms with Gasteiger partial charge in [0.05, 0.1) is 11.3 Å². The summed E-state index contributed by atoms with van der Waals surface area (Å²) in [6.07, 6.45) is 0. The zero-order valence-corrected chi connectivity index (χ0v) is 10.9. The molecule has 0 fully saturated rings. The molecule has 1 aromatic rings. The molecule has 0 aliphatic carbocycles. The van der Waals surface area contributed by atoms with Gasteiger partial charge in [-0.05, 0) is 24.7 Å². The average molecular weight is 268 g/mol. The Morgan fingerprint density at radius 3 is 2.68 bits per heavy atom. The second kappa shape index (κ2) is 6.84. The molecule has 5 nitrogen and oxygen atoms in total. The predicted octanol–water partition coefficient (Wildman–Crippen LogP) is 1.71. The number of halogens is 1. The number of aromatic carboxylic acids is 1. The fourth-order valence-electron chi connectivity index (χ4n) is 1.51. The highest BCUT2D eigenvalue weighted by Gasteiger charge is 2.17. The first-order chi connectivity index (χ1) is 8.95. The van der Waals surface area contributed by atoms with E-state index in [4.69, 9.17) is 5.11 Å². The summed E-state index contributed by atoms with van der Waals surface area (Å²) in [7, 11) is 0. The summed E-state index contributed by atoms with van der Waals surface area (Å²) in [6.45, 7) is 4.88. The first-order valence-electron chi connectivity index (χ1n) is 6.00. The second-order valence-electron chi connectivity index (χ2n) is 4.19. The summed E-state index contributed by atoms with van der Waals surface area (Å²) in [5.41, 5.74) is -0.161. The highest BCUT2D eigenvalue weighted by molar-refractivity contribution is 6.01. The van der Waals surface area contributed by atoms with Crippen LogP contribution in [-0.2, 0) is 4.79 Å². The van der Waals surface area contributed by atoms with Gasteiger partial charge in [-0.15, -0.1) is 0 Å². The summed E-state index contributed by atoms with van der Waals surface area (Å²) < 4.78 is 13.0. The Kier molecular flexibility index (Phi) is 5.44. The van der Waals surface area contributed by atoms with E-state index in [2.05, 4.69) is 10.6 Å². The van der Waals surface area contributed by atoms with Crippen LogP contribution in [-0.4, -0.2) is 30.1 Å². The van der Waals surface area contributed by atoms with Crippen LogP contribution in [0.5, 0.6) is 0 Å². The standard InChI is InChI=1S/C13H17FN2O3/c1-3-15-7-8(2)12(17)16-11-5-4-9(14)6-10(11)13(18)19/h4-6,8,15H,3,7H2,1-2H3,(H,16,17)(H,18,19). The van der Waals surface area contributed by atoms with Crippen LogP contribution in [0.1, 0.15) is 24.2 Å². The van der Waals surface area contributed by atoms with E-state index in [9.17, 15) is 14.0 Å². The van der Waals surface area contributed by atoms with Gasteiger partial charge in [-0.1, -0.05) is 13.8 Å². The van der Waals surface area contributed by atoms with E-state index < -0.39 is 11.8 Å². The number of nitrogens with one attached hydrogen (secondary N) is 2. The van der Waals surface area contributed by atoms with Crippen molar-refractivity contribution in [3.63, 3.8) is 0 Å². The lowest BCUT2D eigenvalue weighted by Crippen LogP contribution is -2.30. The third kappa shape index (κ3) is 4.33. The number of carbonyl (C=O) groups is 2. The van der Waals surface area contributed by atoms with Gasteiger partial charge >= 0.3 is 5.97 Å². The molecular weight excluding hydrogens is 251 g/mol. The molecule has 0 aliphatic heterocycles. The highest BCUT2D eigenvalue weighted by Crippen LogP contribution is 2.17. The van der Waals surface area contributed by atoms with Crippen LogP contribution in [0.3, 0.4) is 0 Å². The maximum Gasteiger partial charge on any atom is 0.337 e. The number of carboxylic acids is 1. The molecule has 3 N–H and O–H groups in total. The minimum Gasteiger partial charge on any atom is -0.478 e. The van der Waals surface area contributed by atoms with Crippen molar-refractivity contribution in [1.29, 1.82) is 0 Å². The van der Waals surface area contributed by atoms with Crippen LogP contribution in [0.25, 0.3) is 0 Å². The van der Waals surface area contributed by atoms with Crippen molar-refractivity contribution in [3.8, 4) is 0 Å². The van der Waals surface area contributed by atoms with E-state index in [0.717, 1.165) is 18.7 Å². The maximum atomic E-state index is 13.0. The van der Waals surface area contributed by atoms with Gasteiger partial charge in [-0.25, -0.2) is 9.18 Å². The molecule has 0 spiro atoms. The Balaban J connectivity index is 2.81. The van der Waals surface area contributed by atoms with Gasteiger partial charge in [0.1, 0.15) is 5.82 Å². The maximum absolute atomic E-state index is 13.0. The van der Waals surface area contributed by atoms with Gasteiger partial charge < -0.3 is 15.7 Å². The molecule has 1 aromatic carbocycles. The van der Waals surface area contributed by atoms with Crippen molar-refractivity contribution in [2.24, 2.45) is 5.92 Å². The van der Waals surface area contributed by atoms with Gasteiger partial charge in [0.25, 0.3) is 0 Å². The van der Waals surface area contributed by atoms with Crippen LogP contribution in [0.4, 0.5) is 10.1 Å². The predicted molar refractivity (Wildman–Crippen MR) is 69.7 cm³/mol. The lowest BCUT2D eigenvalue weighted by Gasteiger charge is -2.13. The van der Waals surface area contributed by atoms with Gasteiger partial charge in [0.2, 0.25) is 5.91 Å². The summed E-state index contributed by atoms with van der Waals surface area (Å²) >= 11 is 0. The molecule has 1 amide bonds. The zero-order valence-electron chi connectivity index (χ0n) is 10.9. The molecule has 0 aromatic heterocycles. The smallest absolute Gasteiger partial charge is 0.337 e. The van der Waals surface area contributed by atoms with Crippen molar-refractivity contribution < 1.29 is 19.1 Å². The molecule has 0 aliphatic rings. The molecule has 1 unspecified atom stereocenters. The fraction of sp³-hybridized carbons (Fsp3) is 0.385. The van der Waals surface area contributed by atoms with Gasteiger partial charge in [0, 0.05) is 12.5 Å². The average Bonchev–Trinajstić information content (AvgIpc) is 2.37. The van der Waals surface area contributed by atoms with Crippen LogP contribution in [0.2, 0.25) is 0 Å². The molecular formula is C13H17FN2O3. The van der Waals surface area contributed by atoms with E-state index in [1.54, 1.807) is 6.92 Å². The first kappa shape index (κ1) is 15.1. The van der Waals surface area contributed by atoms with E-state index in [-0.39, 0.29) is 23.1 Å². The number of benzene rings is 1. The molecule has 6 heteroatoms. The molecule has 0 bridgehead atoms. The van der Waals surface area contributed by atoms with Crippen molar-refractivity contribution in [2.45, 2.75) is 13.8 Å². The molecule has 0 saturated heterocycles. The summed E-state index contributed by atoms with van der Waals surface area (Å²) in [6, 6.07) is 3.24. The third-order valence-corrected chi connectivity index (χ3v) is 2.62. The number of rotatable bonds is 6. The number of hydrogen-bond acceptors (Lipinski definition) is 3. The normalized spacial score (nSPS) is 11.9. The Labute approximate surface area is 110 Å². The van der Waals surface area contributed by atoms with E-state index in [1.165, 1.54) is 6.07 Å². The fourth-order valence-corrected chi connectivity index (χ4v) is 1.51. The van der Waals surface area contributed by atoms with Gasteiger partial charge in [0.15, 0.2) is 0 Å². The van der Waals surface area contributed by atoms with Crippen LogP contribution in [0, 0.1) is 11.7 Å². The molecule has 104 valence electrons. The molecule has 0 heterocycles. The minimum atomic E-state index is -1.28. The Hall–Kier alpha value is -1.95. The van der Waals surface area contributed by atoms with Crippen molar-refractivity contribution in [1.82, 2.24) is 5.32 Å². The number of carbonyl (C=O) groups excluding carboxylic acids is 1. The largest absolute Gasteiger partial charge is 0.478 e. The SMILES string of the molecule is CCNCC(C)C(=O)Nc1ccc(F)cc1C(=O)O. The van der Waals surface area contributed by atoms with E-state index >= 15 is 0 Å². The van der Waals surface area contributed by atoms with Crippen molar-refractivity contribution in [3.05, 3.63) is 29.6 Å². The van der Waals surface area contributed by atoms with E-state index in [0.29, 0.717) is 6.54 Å². The Morgan fingerprint density at radius 2 is 2.11 bits per heavy atom. The lowest BCUT2D eigenvalue weighted by molar-refractivity contribution is -0.119. The number of carboxylic acid groups (broad SMARTS) is 1. The molecule has 1 atom stereocenters. The molecule has 0 radical (unpaired) electrons. The van der Waals surface area contributed by atoms with Gasteiger partial charge in [-0.2, -0.15) is 0 Å². The number of hydrogen-bond donors (Lipinski definition) is 3. The topological polar surface area (TPSA) is 78.4 Å². The highest BCUT2D eigenvalue weighted by atomic mass is 19.1. The summed E-state index contributed by atoms with van der Waals surface area (Å²) in [5, 5.41) is 14.5. The molecule has 1 rings (SSSR count). The first-order valence-corrected chi connectivity index (χ1v) is 6.00. The quantitative estimate of drug-likeness (QED) is 0.734.